The van der Waals surface area contributed by atoms with Crippen molar-refractivity contribution in [2.45, 2.75) is 52.0 Å². The number of amides is 1. The average Bonchev–Trinajstić information content (AvgIpc) is 3.27. The number of rotatable bonds is 4. The highest BCUT2D eigenvalue weighted by Crippen LogP contribution is 2.40. The van der Waals surface area contributed by atoms with Crippen molar-refractivity contribution >= 4 is 16.8 Å². The Morgan fingerprint density at radius 1 is 1.30 bits per heavy atom. The van der Waals surface area contributed by atoms with E-state index in [2.05, 4.69) is 24.4 Å². The van der Waals surface area contributed by atoms with Crippen LogP contribution in [0.4, 0.5) is 0 Å². The molecule has 3 N–H and O–H groups in total. The number of carbonyl (C=O) groups excluding carboxylic acids is 1. The Bertz CT molecular complexity index is 770. The van der Waals surface area contributed by atoms with E-state index in [1.165, 1.54) is 12.8 Å². The van der Waals surface area contributed by atoms with Gasteiger partial charge in [-0.1, -0.05) is 11.6 Å². The number of hydrogen-bond acceptors (Lipinski definition) is 3. The summed E-state index contributed by atoms with van der Waals surface area (Å²) in [5.74, 6) is 0.445. The molecule has 0 aliphatic heterocycles. The van der Waals surface area contributed by atoms with E-state index in [9.17, 15) is 4.79 Å². The Morgan fingerprint density at radius 3 is 2.61 bits per heavy atom. The predicted molar refractivity (Wildman–Crippen MR) is 93.8 cm³/mol. The van der Waals surface area contributed by atoms with E-state index in [1.54, 1.807) is 0 Å². The van der Waals surface area contributed by atoms with Gasteiger partial charge in [-0.05, 0) is 58.2 Å². The maximum absolute atomic E-state index is 12.7. The van der Waals surface area contributed by atoms with Crippen LogP contribution in [-0.4, -0.2) is 23.0 Å². The van der Waals surface area contributed by atoms with Crippen LogP contribution in [0.1, 0.15) is 59.8 Å². The zero-order valence-electron chi connectivity index (χ0n) is 14.4. The van der Waals surface area contributed by atoms with Crippen molar-refractivity contribution in [2.75, 3.05) is 6.54 Å². The van der Waals surface area contributed by atoms with Gasteiger partial charge in [0.25, 0.3) is 5.91 Å². The Morgan fingerprint density at radius 2 is 2.00 bits per heavy atom. The molecule has 1 aromatic heterocycles. The third kappa shape index (κ3) is 3.53. The van der Waals surface area contributed by atoms with Crippen molar-refractivity contribution in [3.8, 4) is 0 Å². The molecular formula is C19H25N3O. The normalized spacial score (nSPS) is 15.0. The van der Waals surface area contributed by atoms with Crippen molar-refractivity contribution in [3.63, 3.8) is 0 Å². The molecule has 1 aliphatic carbocycles. The molecule has 2 aromatic rings. The molecule has 122 valence electrons. The number of carbonyl (C=O) groups is 1. The van der Waals surface area contributed by atoms with E-state index in [-0.39, 0.29) is 5.91 Å². The lowest BCUT2D eigenvalue weighted by Gasteiger charge is -2.19. The number of pyridine rings is 1. The van der Waals surface area contributed by atoms with Crippen molar-refractivity contribution in [1.82, 2.24) is 10.3 Å². The summed E-state index contributed by atoms with van der Waals surface area (Å²) in [5, 5.41) is 3.89. The molecule has 23 heavy (non-hydrogen) atoms. The molecule has 1 saturated carbocycles. The first-order chi connectivity index (χ1) is 10.7. The smallest absolute Gasteiger partial charge is 0.252 e. The lowest BCUT2D eigenvalue weighted by atomic mass is 10.00. The summed E-state index contributed by atoms with van der Waals surface area (Å²) >= 11 is 0. The monoisotopic (exact) mass is 311 g/mol. The van der Waals surface area contributed by atoms with Gasteiger partial charge in [-0.15, -0.1) is 0 Å². The van der Waals surface area contributed by atoms with Crippen LogP contribution >= 0.6 is 0 Å². The maximum atomic E-state index is 12.7. The number of benzene rings is 1. The van der Waals surface area contributed by atoms with Crippen LogP contribution in [0.3, 0.4) is 0 Å². The summed E-state index contributed by atoms with van der Waals surface area (Å²) in [6, 6.07) is 6.14. The minimum absolute atomic E-state index is 0.0668. The van der Waals surface area contributed by atoms with E-state index < -0.39 is 5.54 Å². The van der Waals surface area contributed by atoms with Gasteiger partial charge in [0.05, 0.1) is 11.1 Å². The van der Waals surface area contributed by atoms with Gasteiger partial charge in [-0.2, -0.15) is 0 Å². The minimum atomic E-state index is -0.427. The highest BCUT2D eigenvalue weighted by atomic mass is 16.1. The Balaban J connectivity index is 2.08. The number of aromatic nitrogens is 1. The van der Waals surface area contributed by atoms with Gasteiger partial charge in [0, 0.05) is 29.1 Å². The molecule has 0 atom stereocenters. The number of nitrogens with zero attached hydrogens (tertiary/aromatic N) is 1. The third-order valence-electron chi connectivity index (χ3n) is 4.21. The molecule has 4 nitrogen and oxygen atoms in total. The van der Waals surface area contributed by atoms with Crippen LogP contribution < -0.4 is 11.1 Å². The fourth-order valence-corrected chi connectivity index (χ4v) is 2.88. The fraction of sp³-hybridized carbons (Fsp3) is 0.474. The number of nitrogens with one attached hydrogen (secondary N) is 1. The number of hydrogen-bond donors (Lipinski definition) is 2. The van der Waals surface area contributed by atoms with E-state index in [4.69, 9.17) is 10.7 Å². The predicted octanol–water partition coefficient (Wildman–Crippen LogP) is 3.20. The van der Waals surface area contributed by atoms with Gasteiger partial charge in [0.2, 0.25) is 0 Å². The highest BCUT2D eigenvalue weighted by molar-refractivity contribution is 6.07. The Kier molecular flexibility index (Phi) is 3.88. The number of nitrogens with two attached hydrogens (primary N) is 1. The fourth-order valence-electron chi connectivity index (χ4n) is 2.88. The molecule has 1 heterocycles. The average molecular weight is 311 g/mol. The largest absolute Gasteiger partial charge is 0.350 e. The lowest BCUT2D eigenvalue weighted by molar-refractivity contribution is 0.0947. The summed E-state index contributed by atoms with van der Waals surface area (Å²) in [7, 11) is 0. The van der Waals surface area contributed by atoms with E-state index in [1.807, 2.05) is 26.8 Å². The third-order valence-corrected chi connectivity index (χ3v) is 4.21. The van der Waals surface area contributed by atoms with Gasteiger partial charge in [0.1, 0.15) is 0 Å². The van der Waals surface area contributed by atoms with Gasteiger partial charge in [0.15, 0.2) is 0 Å². The van der Waals surface area contributed by atoms with E-state index >= 15 is 0 Å². The maximum Gasteiger partial charge on any atom is 0.252 e. The molecule has 0 spiro atoms. The molecule has 1 aliphatic rings. The Labute approximate surface area is 137 Å². The second-order valence-electron chi connectivity index (χ2n) is 7.52. The summed E-state index contributed by atoms with van der Waals surface area (Å²) in [6.45, 7) is 8.36. The summed E-state index contributed by atoms with van der Waals surface area (Å²) in [5.41, 5.74) is 10.5. The van der Waals surface area contributed by atoms with Gasteiger partial charge >= 0.3 is 0 Å². The van der Waals surface area contributed by atoms with Crippen LogP contribution in [0.2, 0.25) is 0 Å². The Hall–Kier alpha value is -1.94. The molecular weight excluding hydrogens is 286 g/mol. The van der Waals surface area contributed by atoms with Gasteiger partial charge in [-0.3, -0.25) is 9.78 Å². The number of fused-ring (bicyclic) bond motifs is 1. The molecule has 0 radical (unpaired) electrons. The van der Waals surface area contributed by atoms with E-state index in [0.717, 1.165) is 27.7 Å². The molecule has 1 fully saturated rings. The summed E-state index contributed by atoms with van der Waals surface area (Å²) in [6.07, 6.45) is 2.33. The molecule has 3 rings (SSSR count). The number of aryl methyl sites for hydroxylation is 2. The van der Waals surface area contributed by atoms with Crippen molar-refractivity contribution < 1.29 is 4.79 Å². The zero-order chi connectivity index (χ0) is 16.8. The molecule has 1 aromatic carbocycles. The first-order valence-corrected chi connectivity index (χ1v) is 8.23. The van der Waals surface area contributed by atoms with Crippen LogP contribution in [0, 0.1) is 13.8 Å². The van der Waals surface area contributed by atoms with Crippen molar-refractivity contribution in [1.29, 1.82) is 0 Å². The highest BCUT2D eigenvalue weighted by Gasteiger charge is 2.27. The lowest BCUT2D eigenvalue weighted by Crippen LogP contribution is -2.45. The van der Waals surface area contributed by atoms with Crippen LogP contribution in [0.5, 0.6) is 0 Å². The van der Waals surface area contributed by atoms with Crippen molar-refractivity contribution in [2.24, 2.45) is 5.73 Å². The van der Waals surface area contributed by atoms with Crippen LogP contribution in [0.15, 0.2) is 18.2 Å². The van der Waals surface area contributed by atoms with Crippen LogP contribution in [-0.2, 0) is 0 Å². The first-order valence-electron chi connectivity index (χ1n) is 8.23. The second kappa shape index (κ2) is 5.60. The summed E-state index contributed by atoms with van der Waals surface area (Å²) in [4.78, 5) is 17.6. The second-order valence-corrected chi connectivity index (χ2v) is 7.52. The van der Waals surface area contributed by atoms with Gasteiger partial charge in [-0.25, -0.2) is 0 Å². The van der Waals surface area contributed by atoms with Crippen LogP contribution in [0.25, 0.3) is 10.9 Å². The SMILES string of the molecule is Cc1cc(C)c2nc(C3CC3)cc(C(=O)NCC(C)(C)N)c2c1. The zero-order valence-corrected chi connectivity index (χ0v) is 14.4. The topological polar surface area (TPSA) is 68.0 Å². The first kappa shape index (κ1) is 15.9. The van der Waals surface area contributed by atoms with Crippen molar-refractivity contribution in [3.05, 3.63) is 40.6 Å². The minimum Gasteiger partial charge on any atom is -0.350 e. The molecule has 4 heteroatoms. The standard InChI is InChI=1S/C19H25N3O/c1-11-7-12(2)17-14(8-11)15(9-16(22-17)13-5-6-13)18(23)21-10-19(3,4)20/h7-9,13H,5-6,10,20H2,1-4H3,(H,21,23). The summed E-state index contributed by atoms with van der Waals surface area (Å²) < 4.78 is 0. The molecule has 1 amide bonds. The molecule has 0 saturated heterocycles. The van der Waals surface area contributed by atoms with Gasteiger partial charge < -0.3 is 11.1 Å². The molecule has 0 bridgehead atoms. The molecule has 0 unspecified atom stereocenters. The quantitative estimate of drug-likeness (QED) is 0.911. The van der Waals surface area contributed by atoms with E-state index in [0.29, 0.717) is 18.0 Å².